The Morgan fingerprint density at radius 1 is 1.24 bits per heavy atom. The van der Waals surface area contributed by atoms with E-state index in [0.717, 1.165) is 10.0 Å². The number of esters is 1. The molecule has 0 aliphatic heterocycles. The van der Waals surface area contributed by atoms with E-state index in [0.29, 0.717) is 11.3 Å². The predicted octanol–water partition coefficient (Wildman–Crippen LogP) is 3.75. The second kappa shape index (κ2) is 11.4. The van der Waals surface area contributed by atoms with Gasteiger partial charge in [-0.05, 0) is 42.3 Å². The standard InChI is InChI=1S/C20H20BrClN2O5/c1-3-28-19(26)12-29-20-16(22)8-14(9-17(20)27-2)11-23-24-18(25)10-13-4-6-15(21)7-5-13/h4-9,11H,3,10,12H2,1-2H3,(H,24,25)/b23-11+. The first kappa shape index (κ1) is 22.7. The summed E-state index contributed by atoms with van der Waals surface area (Å²) in [5.74, 6) is -0.219. The molecule has 0 spiro atoms. The lowest BCUT2D eigenvalue weighted by Gasteiger charge is -2.12. The van der Waals surface area contributed by atoms with E-state index >= 15 is 0 Å². The van der Waals surface area contributed by atoms with Gasteiger partial charge in [0.15, 0.2) is 18.1 Å². The van der Waals surface area contributed by atoms with Crippen molar-refractivity contribution in [3.05, 3.63) is 57.0 Å². The van der Waals surface area contributed by atoms with Crippen LogP contribution in [0.2, 0.25) is 5.02 Å². The van der Waals surface area contributed by atoms with Gasteiger partial charge in [-0.3, -0.25) is 4.79 Å². The van der Waals surface area contributed by atoms with Crippen molar-refractivity contribution in [1.29, 1.82) is 0 Å². The van der Waals surface area contributed by atoms with Crippen molar-refractivity contribution in [3.63, 3.8) is 0 Å². The molecule has 0 radical (unpaired) electrons. The Balaban J connectivity index is 1.99. The number of carbonyl (C=O) groups is 2. The summed E-state index contributed by atoms with van der Waals surface area (Å²) in [5, 5.41) is 4.17. The highest BCUT2D eigenvalue weighted by Gasteiger charge is 2.14. The molecule has 0 unspecified atom stereocenters. The zero-order chi connectivity index (χ0) is 21.2. The number of carbonyl (C=O) groups excluding carboxylic acids is 2. The van der Waals surface area contributed by atoms with Crippen molar-refractivity contribution in [3.8, 4) is 11.5 Å². The van der Waals surface area contributed by atoms with Gasteiger partial charge in [-0.1, -0.05) is 39.7 Å². The molecule has 0 saturated heterocycles. The molecule has 2 aromatic rings. The number of halogens is 2. The highest BCUT2D eigenvalue weighted by molar-refractivity contribution is 9.10. The van der Waals surface area contributed by atoms with Crippen LogP contribution in [0.3, 0.4) is 0 Å². The van der Waals surface area contributed by atoms with Crippen LogP contribution in [-0.2, 0) is 20.7 Å². The van der Waals surface area contributed by atoms with Gasteiger partial charge in [0.1, 0.15) is 0 Å². The van der Waals surface area contributed by atoms with Crippen LogP contribution in [0.25, 0.3) is 0 Å². The van der Waals surface area contributed by atoms with Gasteiger partial charge in [0.05, 0.1) is 31.4 Å². The molecule has 0 aromatic heterocycles. The van der Waals surface area contributed by atoms with E-state index in [9.17, 15) is 9.59 Å². The molecular formula is C20H20BrClN2O5. The van der Waals surface area contributed by atoms with E-state index in [1.54, 1.807) is 19.1 Å². The van der Waals surface area contributed by atoms with Crippen molar-refractivity contribution >= 4 is 45.6 Å². The smallest absolute Gasteiger partial charge is 0.344 e. The van der Waals surface area contributed by atoms with Crippen LogP contribution in [0, 0.1) is 0 Å². The van der Waals surface area contributed by atoms with E-state index in [1.165, 1.54) is 13.3 Å². The number of rotatable bonds is 9. The highest BCUT2D eigenvalue weighted by atomic mass is 79.9. The normalized spacial score (nSPS) is 10.6. The lowest BCUT2D eigenvalue weighted by molar-refractivity contribution is -0.145. The fourth-order valence-corrected chi connectivity index (χ4v) is 2.83. The lowest BCUT2D eigenvalue weighted by Crippen LogP contribution is -2.19. The molecule has 0 aliphatic rings. The van der Waals surface area contributed by atoms with Crippen LogP contribution >= 0.6 is 27.5 Å². The second-order valence-electron chi connectivity index (χ2n) is 5.72. The molecule has 9 heteroatoms. The van der Waals surface area contributed by atoms with E-state index in [1.807, 2.05) is 24.3 Å². The maximum absolute atomic E-state index is 12.0. The number of ether oxygens (including phenoxy) is 3. The molecule has 7 nitrogen and oxygen atoms in total. The maximum Gasteiger partial charge on any atom is 0.344 e. The molecule has 2 rings (SSSR count). The number of benzene rings is 2. The van der Waals surface area contributed by atoms with Crippen LogP contribution in [0.1, 0.15) is 18.1 Å². The summed E-state index contributed by atoms with van der Waals surface area (Å²) in [4.78, 5) is 23.4. The summed E-state index contributed by atoms with van der Waals surface area (Å²) in [6.07, 6.45) is 1.64. The first-order valence-corrected chi connectivity index (χ1v) is 9.82. The number of hydrazone groups is 1. The Hall–Kier alpha value is -2.58. The van der Waals surface area contributed by atoms with Crippen molar-refractivity contribution in [2.24, 2.45) is 5.10 Å². The molecule has 1 N–H and O–H groups in total. The third-order valence-corrected chi connectivity index (χ3v) is 4.38. The quantitative estimate of drug-likeness (QED) is 0.333. The Labute approximate surface area is 182 Å². The first-order valence-electron chi connectivity index (χ1n) is 8.65. The summed E-state index contributed by atoms with van der Waals surface area (Å²) in [6, 6.07) is 10.6. The topological polar surface area (TPSA) is 86.2 Å². The molecule has 2 aromatic carbocycles. The largest absolute Gasteiger partial charge is 0.493 e. The van der Waals surface area contributed by atoms with Crippen LogP contribution in [0.4, 0.5) is 0 Å². The average Bonchev–Trinajstić information content (AvgIpc) is 2.68. The SMILES string of the molecule is CCOC(=O)COc1c(Cl)cc(/C=N/NC(=O)Cc2ccc(Br)cc2)cc1OC. The fraction of sp³-hybridized carbons (Fsp3) is 0.250. The third-order valence-electron chi connectivity index (χ3n) is 3.57. The maximum atomic E-state index is 12.0. The molecule has 1 amide bonds. The van der Waals surface area contributed by atoms with Crippen molar-refractivity contribution in [2.45, 2.75) is 13.3 Å². The minimum atomic E-state index is -0.509. The predicted molar refractivity (Wildman–Crippen MR) is 114 cm³/mol. The Bertz CT molecular complexity index is 887. The molecule has 0 heterocycles. The Kier molecular flexibility index (Phi) is 8.95. The minimum absolute atomic E-state index is 0.204. The zero-order valence-corrected chi connectivity index (χ0v) is 18.2. The van der Waals surface area contributed by atoms with Crippen LogP contribution in [0.5, 0.6) is 11.5 Å². The molecule has 0 atom stereocenters. The summed E-state index contributed by atoms with van der Waals surface area (Å²) in [7, 11) is 1.45. The lowest BCUT2D eigenvalue weighted by atomic mass is 10.1. The molecule has 0 saturated carbocycles. The first-order chi connectivity index (χ1) is 13.9. The van der Waals surface area contributed by atoms with Gasteiger partial charge in [-0.25, -0.2) is 10.2 Å². The van der Waals surface area contributed by atoms with Crippen LogP contribution in [-0.4, -0.2) is 38.4 Å². The summed E-state index contributed by atoms with van der Waals surface area (Å²) < 4.78 is 16.4. The third kappa shape index (κ3) is 7.40. The van der Waals surface area contributed by atoms with E-state index in [4.69, 9.17) is 25.8 Å². The molecule has 0 bridgehead atoms. The molecule has 0 aliphatic carbocycles. The van der Waals surface area contributed by atoms with Gasteiger partial charge in [0.25, 0.3) is 0 Å². The summed E-state index contributed by atoms with van der Waals surface area (Å²) in [6.45, 7) is 1.68. The summed E-state index contributed by atoms with van der Waals surface area (Å²) in [5.41, 5.74) is 3.91. The van der Waals surface area contributed by atoms with Crippen LogP contribution < -0.4 is 14.9 Å². The Morgan fingerprint density at radius 3 is 2.62 bits per heavy atom. The van der Waals surface area contributed by atoms with Gasteiger partial charge < -0.3 is 14.2 Å². The number of hydrogen-bond acceptors (Lipinski definition) is 6. The summed E-state index contributed by atoms with van der Waals surface area (Å²) >= 11 is 9.57. The molecule has 29 heavy (non-hydrogen) atoms. The number of nitrogens with zero attached hydrogens (tertiary/aromatic N) is 1. The number of amides is 1. The van der Waals surface area contributed by atoms with Crippen molar-refractivity contribution < 1.29 is 23.8 Å². The van der Waals surface area contributed by atoms with Crippen molar-refractivity contribution in [1.82, 2.24) is 5.43 Å². The number of nitrogens with one attached hydrogen (secondary N) is 1. The van der Waals surface area contributed by atoms with Crippen LogP contribution in [0.15, 0.2) is 46.0 Å². The monoisotopic (exact) mass is 482 g/mol. The molecular weight excluding hydrogens is 464 g/mol. The second-order valence-corrected chi connectivity index (χ2v) is 7.05. The minimum Gasteiger partial charge on any atom is -0.493 e. The fourth-order valence-electron chi connectivity index (χ4n) is 2.29. The zero-order valence-electron chi connectivity index (χ0n) is 15.9. The van der Waals surface area contributed by atoms with E-state index in [2.05, 4.69) is 26.5 Å². The van der Waals surface area contributed by atoms with Gasteiger partial charge in [0, 0.05) is 4.47 Å². The highest BCUT2D eigenvalue weighted by Crippen LogP contribution is 2.36. The molecule has 154 valence electrons. The van der Waals surface area contributed by atoms with E-state index < -0.39 is 5.97 Å². The van der Waals surface area contributed by atoms with E-state index in [-0.39, 0.29) is 36.3 Å². The van der Waals surface area contributed by atoms with Gasteiger partial charge in [-0.2, -0.15) is 5.10 Å². The number of methoxy groups -OCH3 is 1. The Morgan fingerprint density at radius 2 is 1.97 bits per heavy atom. The van der Waals surface area contributed by atoms with Gasteiger partial charge >= 0.3 is 5.97 Å². The number of hydrogen-bond donors (Lipinski definition) is 1. The van der Waals surface area contributed by atoms with Gasteiger partial charge in [-0.15, -0.1) is 0 Å². The van der Waals surface area contributed by atoms with Crippen molar-refractivity contribution in [2.75, 3.05) is 20.3 Å². The van der Waals surface area contributed by atoms with Gasteiger partial charge in [0.2, 0.25) is 5.91 Å². The molecule has 0 fully saturated rings. The average molecular weight is 484 g/mol.